The number of benzene rings is 6. The van der Waals surface area contributed by atoms with Crippen LogP contribution < -0.4 is 0 Å². The van der Waals surface area contributed by atoms with Crippen LogP contribution in [-0.2, 0) is 41.5 Å². The SMILES string of the molecule is Cc1ccccc1-c1[c-]c2c(cc1C(C)(C)C)-c1cc(C(C)(C)C)c(-c3ccccc3C)cc1C2.Cl.Cl.[C-]1=CC=CC1.[CH2-]c1ccc(Cl)cc1.[CH2]=[Zr].[c-]1ccccc1. The van der Waals surface area contributed by atoms with Crippen molar-refractivity contribution in [2.45, 2.75) is 79.1 Å². The van der Waals surface area contributed by atoms with E-state index >= 15 is 0 Å². The maximum absolute atomic E-state index is 5.58. The molecule has 0 unspecified atom stereocenters. The van der Waals surface area contributed by atoms with Gasteiger partial charge in [0.1, 0.15) is 0 Å². The van der Waals surface area contributed by atoms with Crippen molar-refractivity contribution < 1.29 is 24.2 Å². The second kappa shape index (κ2) is 23.8. The minimum absolute atomic E-state index is 0. The van der Waals surface area contributed by atoms with E-state index in [1.54, 1.807) is 0 Å². The minimum Gasteiger partial charge on any atom is -0.184 e. The van der Waals surface area contributed by atoms with Crippen molar-refractivity contribution in [2.75, 3.05) is 0 Å². The molecule has 0 N–H and O–H groups in total. The van der Waals surface area contributed by atoms with Gasteiger partial charge in [0.2, 0.25) is 0 Å². The van der Waals surface area contributed by atoms with E-state index in [9.17, 15) is 0 Å². The van der Waals surface area contributed by atoms with Crippen LogP contribution in [0.15, 0.2) is 140 Å². The first-order valence-electron chi connectivity index (χ1n) is 19.2. The number of allylic oxidation sites excluding steroid dienone is 4. The summed E-state index contributed by atoms with van der Waals surface area (Å²) >= 11 is 6.88. The van der Waals surface area contributed by atoms with Crippen molar-refractivity contribution >= 4 is 40.6 Å². The second-order valence-corrected chi connectivity index (χ2v) is 16.5. The first-order valence-corrected chi connectivity index (χ1v) is 21.3. The smallest absolute Gasteiger partial charge is 0.171 e. The van der Waals surface area contributed by atoms with Gasteiger partial charge < -0.3 is 0 Å². The molecule has 0 nitrogen and oxygen atoms in total. The largest absolute Gasteiger partial charge is 0.184 e. The van der Waals surface area contributed by atoms with Crippen molar-refractivity contribution in [2.24, 2.45) is 0 Å². The van der Waals surface area contributed by atoms with Crippen LogP contribution in [0.1, 0.15) is 86.9 Å². The van der Waals surface area contributed by atoms with Gasteiger partial charge in [-0.1, -0.05) is 148 Å². The zero-order valence-electron chi connectivity index (χ0n) is 35.3. The summed E-state index contributed by atoms with van der Waals surface area (Å²) in [5, 5.41) is 0.761. The summed E-state index contributed by atoms with van der Waals surface area (Å²) in [7, 11) is 0. The Bertz CT molecular complexity index is 2070. The van der Waals surface area contributed by atoms with Gasteiger partial charge in [0.05, 0.1) is 0 Å². The van der Waals surface area contributed by atoms with E-state index in [-0.39, 0.29) is 35.6 Å². The van der Waals surface area contributed by atoms with Crippen LogP contribution >= 0.6 is 36.4 Å². The van der Waals surface area contributed by atoms with Crippen LogP contribution in [0.2, 0.25) is 5.02 Å². The molecule has 0 spiro atoms. The Balaban J connectivity index is 0.000000410. The Morgan fingerprint density at radius 1 is 0.638 bits per heavy atom. The maximum Gasteiger partial charge on any atom is -0.171 e. The Kier molecular flexibility index (Phi) is 20.7. The van der Waals surface area contributed by atoms with Gasteiger partial charge in [0.25, 0.3) is 0 Å². The molecule has 6 aromatic rings. The van der Waals surface area contributed by atoms with Gasteiger partial charge in [0, 0.05) is 5.02 Å². The van der Waals surface area contributed by atoms with Gasteiger partial charge in [-0.25, -0.2) is 12.2 Å². The Morgan fingerprint density at radius 3 is 1.62 bits per heavy atom. The summed E-state index contributed by atoms with van der Waals surface area (Å²) in [4.78, 5) is 0. The molecule has 6 aromatic carbocycles. The summed E-state index contributed by atoms with van der Waals surface area (Å²) in [5.41, 5.74) is 17.3. The van der Waals surface area contributed by atoms with Crippen LogP contribution in [0.5, 0.6) is 0 Å². The Hall–Kier alpha value is -3.71. The summed E-state index contributed by atoms with van der Waals surface area (Å²) in [6.45, 7) is 22.1. The third kappa shape index (κ3) is 14.0. The third-order valence-corrected chi connectivity index (χ3v) is 9.88. The van der Waals surface area contributed by atoms with Crippen molar-refractivity contribution in [1.82, 2.24) is 0 Å². The molecule has 0 radical (unpaired) electrons. The van der Waals surface area contributed by atoms with Crippen molar-refractivity contribution in [3.05, 3.63) is 209 Å². The summed E-state index contributed by atoms with van der Waals surface area (Å²) < 4.78 is 3.34. The molecule has 0 bridgehead atoms. The molecular formula is C54H57Cl3Zr-4. The second-order valence-electron chi connectivity index (χ2n) is 16.0. The van der Waals surface area contributed by atoms with E-state index in [4.69, 9.17) is 11.6 Å². The average molecular weight is 904 g/mol. The van der Waals surface area contributed by atoms with Gasteiger partial charge in [0.15, 0.2) is 0 Å². The molecule has 0 amide bonds. The molecule has 0 saturated heterocycles. The van der Waals surface area contributed by atoms with E-state index in [1.807, 2.05) is 66.7 Å². The number of rotatable bonds is 2. The van der Waals surface area contributed by atoms with Gasteiger partial charge in [-0.05, 0) is 58.9 Å². The van der Waals surface area contributed by atoms with Gasteiger partial charge in [-0.15, -0.1) is 60.1 Å². The first kappa shape index (κ1) is 50.4. The molecular weight excluding hydrogens is 846 g/mol. The van der Waals surface area contributed by atoms with Crippen molar-refractivity contribution in [1.29, 1.82) is 0 Å². The third-order valence-electron chi connectivity index (χ3n) is 9.63. The standard InChI is InChI=1S/C35H37.C7H6Cl.C6H5.C5H5.CH2.2ClH.Zr/c1-22-13-9-11-15-26(22)30-18-24-17-25-19-31(27-16-12-10-14-23(27)2)33(35(6,7)8)21-29(25)28(24)20-32(30)34(3,4)5;1-6-2-4-7(8)5-3-6;1-2-4-6-5-3-1;1-2-4-5-3-1;;;;/h9-16,18,20-21H,17H2,1-8H3;2-5H,1H2;1-5H;1-3H,4H2;1H2;2*1H;/q4*-1;;;;. The molecule has 0 heterocycles. The van der Waals surface area contributed by atoms with Crippen LogP contribution in [-0.4, -0.2) is 4.21 Å². The quantitative estimate of drug-likeness (QED) is 0.152. The van der Waals surface area contributed by atoms with Gasteiger partial charge in [-0.3, -0.25) is 6.08 Å². The van der Waals surface area contributed by atoms with Crippen LogP contribution in [0, 0.1) is 39.0 Å². The topological polar surface area (TPSA) is 0 Å². The summed E-state index contributed by atoms with van der Waals surface area (Å²) in [6, 6.07) is 48.8. The fourth-order valence-electron chi connectivity index (χ4n) is 6.74. The molecule has 0 fully saturated rings. The molecule has 0 saturated carbocycles. The Labute approximate surface area is 383 Å². The molecule has 8 rings (SSSR count). The molecule has 58 heavy (non-hydrogen) atoms. The normalized spacial score (nSPS) is 11.5. The fourth-order valence-corrected chi connectivity index (χ4v) is 6.87. The predicted molar refractivity (Wildman–Crippen MR) is 256 cm³/mol. The van der Waals surface area contributed by atoms with Gasteiger partial charge >= 0.3 is 28.4 Å². The average Bonchev–Trinajstić information content (AvgIpc) is 3.89. The van der Waals surface area contributed by atoms with Crippen molar-refractivity contribution in [3.63, 3.8) is 0 Å². The number of aryl methyl sites for hydroxylation is 2. The monoisotopic (exact) mass is 900 g/mol. The molecule has 0 aromatic heterocycles. The van der Waals surface area contributed by atoms with Crippen LogP contribution in [0.25, 0.3) is 33.4 Å². The van der Waals surface area contributed by atoms with E-state index < -0.39 is 0 Å². The molecule has 2 aliphatic rings. The Morgan fingerprint density at radius 2 is 1.19 bits per heavy atom. The van der Waals surface area contributed by atoms with E-state index in [1.165, 1.54) is 91.0 Å². The molecule has 4 heteroatoms. The molecule has 2 aliphatic carbocycles. The van der Waals surface area contributed by atoms with Gasteiger partial charge in [-0.2, -0.15) is 67.1 Å². The first-order chi connectivity index (χ1) is 26.7. The predicted octanol–water partition coefficient (Wildman–Crippen LogP) is 15.7. The summed E-state index contributed by atoms with van der Waals surface area (Å²) in [5.74, 6) is 0. The van der Waals surface area contributed by atoms with Crippen LogP contribution in [0.4, 0.5) is 0 Å². The number of fused-ring (bicyclic) bond motifs is 3. The maximum atomic E-state index is 5.58. The zero-order valence-corrected chi connectivity index (χ0v) is 40.1. The number of hydrogen-bond acceptors (Lipinski definition) is 0. The van der Waals surface area contributed by atoms with Crippen LogP contribution in [0.3, 0.4) is 0 Å². The van der Waals surface area contributed by atoms with E-state index in [0.29, 0.717) is 0 Å². The summed E-state index contributed by atoms with van der Waals surface area (Å²) in [6.07, 6.45) is 10.9. The number of hydrogen-bond donors (Lipinski definition) is 0. The van der Waals surface area contributed by atoms with E-state index in [0.717, 1.165) is 23.4 Å². The van der Waals surface area contributed by atoms with E-state index in [2.05, 4.69) is 158 Å². The fraction of sp³-hybridized carbons (Fsp3) is 0.222. The molecule has 0 aliphatic heterocycles. The molecule has 0 atom stereocenters. The zero-order chi connectivity index (χ0) is 40.9. The van der Waals surface area contributed by atoms with Crippen molar-refractivity contribution in [3.8, 4) is 33.4 Å². The molecule has 302 valence electrons. The number of halogens is 3. The minimum atomic E-state index is 0.